The third-order valence-electron chi connectivity index (χ3n) is 2.54. The number of hydrogen-bond acceptors (Lipinski definition) is 5. The summed E-state index contributed by atoms with van der Waals surface area (Å²) in [5.74, 6) is 2.46. The van der Waals surface area contributed by atoms with Crippen LogP contribution < -0.4 is 10.2 Å². The van der Waals surface area contributed by atoms with Crippen LogP contribution in [0.1, 0.15) is 19.1 Å². The van der Waals surface area contributed by atoms with Gasteiger partial charge in [-0.1, -0.05) is 6.92 Å². The molecular weight excluding hydrogens is 228 g/mol. The Morgan fingerprint density at radius 2 is 2.28 bits per heavy atom. The van der Waals surface area contributed by atoms with Gasteiger partial charge in [-0.05, 0) is 24.6 Å². The highest BCUT2D eigenvalue weighted by Crippen LogP contribution is 2.14. The molecule has 2 rings (SSSR count). The fourth-order valence-electron chi connectivity index (χ4n) is 1.60. The van der Waals surface area contributed by atoms with Crippen LogP contribution in [0.15, 0.2) is 35.1 Å². The minimum Gasteiger partial charge on any atom is -0.467 e. The summed E-state index contributed by atoms with van der Waals surface area (Å²) in [6.45, 7) is 3.68. The average molecular weight is 246 g/mol. The maximum absolute atomic E-state index is 5.32. The highest BCUT2D eigenvalue weighted by molar-refractivity contribution is 5.41. The molecule has 0 saturated carbocycles. The molecule has 0 aromatic carbocycles. The molecule has 0 atom stereocenters. The van der Waals surface area contributed by atoms with Crippen molar-refractivity contribution in [3.63, 3.8) is 0 Å². The second-order valence-corrected chi connectivity index (χ2v) is 4.10. The van der Waals surface area contributed by atoms with E-state index < -0.39 is 0 Å². The number of furan rings is 1. The van der Waals surface area contributed by atoms with E-state index >= 15 is 0 Å². The molecule has 0 aliphatic heterocycles. The van der Waals surface area contributed by atoms with Crippen molar-refractivity contribution in [1.29, 1.82) is 0 Å². The first-order valence-electron chi connectivity index (χ1n) is 6.10. The van der Waals surface area contributed by atoms with Crippen LogP contribution >= 0.6 is 0 Å². The van der Waals surface area contributed by atoms with Crippen LogP contribution in [-0.2, 0) is 6.54 Å². The average Bonchev–Trinajstić information content (AvgIpc) is 2.89. The monoisotopic (exact) mass is 246 g/mol. The Labute approximate surface area is 107 Å². The lowest BCUT2D eigenvalue weighted by atomic mass is 10.4. The van der Waals surface area contributed by atoms with Crippen molar-refractivity contribution in [2.45, 2.75) is 19.9 Å². The van der Waals surface area contributed by atoms with E-state index in [2.05, 4.69) is 22.2 Å². The van der Waals surface area contributed by atoms with Gasteiger partial charge in [0, 0.05) is 19.8 Å². The predicted octanol–water partition coefficient (Wildman–Crippen LogP) is 2.53. The molecule has 0 unspecified atom stereocenters. The summed E-state index contributed by atoms with van der Waals surface area (Å²) in [5.41, 5.74) is 0. The normalized spacial score (nSPS) is 10.3. The van der Waals surface area contributed by atoms with E-state index in [1.54, 1.807) is 12.5 Å². The van der Waals surface area contributed by atoms with Crippen LogP contribution in [0, 0.1) is 0 Å². The number of anilines is 2. The molecule has 2 aromatic rings. The molecule has 5 nitrogen and oxygen atoms in total. The van der Waals surface area contributed by atoms with Gasteiger partial charge in [-0.2, -0.15) is 4.98 Å². The first kappa shape index (κ1) is 12.4. The summed E-state index contributed by atoms with van der Waals surface area (Å²) in [4.78, 5) is 10.7. The molecule has 5 heteroatoms. The summed E-state index contributed by atoms with van der Waals surface area (Å²) in [7, 11) is 1.98. The van der Waals surface area contributed by atoms with E-state index in [9.17, 15) is 0 Å². The van der Waals surface area contributed by atoms with Gasteiger partial charge in [0.25, 0.3) is 0 Å². The lowest BCUT2D eigenvalue weighted by Gasteiger charge is -2.17. The van der Waals surface area contributed by atoms with Gasteiger partial charge in [-0.15, -0.1) is 0 Å². The van der Waals surface area contributed by atoms with Gasteiger partial charge in [0.2, 0.25) is 5.95 Å². The zero-order valence-corrected chi connectivity index (χ0v) is 10.8. The Hall–Kier alpha value is -2.04. The van der Waals surface area contributed by atoms with Crippen molar-refractivity contribution in [3.05, 3.63) is 36.4 Å². The van der Waals surface area contributed by atoms with Crippen molar-refractivity contribution in [1.82, 2.24) is 9.97 Å². The summed E-state index contributed by atoms with van der Waals surface area (Å²) < 4.78 is 5.32. The Bertz CT molecular complexity index is 470. The predicted molar refractivity (Wildman–Crippen MR) is 71.6 cm³/mol. The molecule has 0 amide bonds. The summed E-state index contributed by atoms with van der Waals surface area (Å²) in [6.07, 6.45) is 4.49. The molecule has 2 aromatic heterocycles. The molecule has 0 spiro atoms. The zero-order valence-electron chi connectivity index (χ0n) is 10.8. The highest BCUT2D eigenvalue weighted by Gasteiger charge is 2.06. The molecule has 0 aliphatic rings. The Kier molecular flexibility index (Phi) is 4.17. The maximum Gasteiger partial charge on any atom is 0.224 e. The molecule has 1 N–H and O–H groups in total. The van der Waals surface area contributed by atoms with Crippen molar-refractivity contribution < 1.29 is 4.42 Å². The molecule has 0 saturated heterocycles. The Balaban J connectivity index is 2.03. The lowest BCUT2D eigenvalue weighted by molar-refractivity contribution is 0.507. The van der Waals surface area contributed by atoms with Crippen LogP contribution in [-0.4, -0.2) is 23.6 Å². The Morgan fingerprint density at radius 1 is 1.39 bits per heavy atom. The van der Waals surface area contributed by atoms with Gasteiger partial charge in [0.1, 0.15) is 11.6 Å². The van der Waals surface area contributed by atoms with Gasteiger partial charge >= 0.3 is 0 Å². The number of rotatable bonds is 6. The second kappa shape index (κ2) is 6.05. The van der Waals surface area contributed by atoms with Crippen LogP contribution in [0.25, 0.3) is 0 Å². The zero-order chi connectivity index (χ0) is 12.8. The molecule has 0 aliphatic carbocycles. The van der Waals surface area contributed by atoms with Gasteiger partial charge in [0.05, 0.1) is 12.8 Å². The SMILES string of the molecule is CCCNc1nccc(N(C)Cc2ccco2)n1. The summed E-state index contributed by atoms with van der Waals surface area (Å²) in [5, 5.41) is 3.18. The standard InChI is InChI=1S/C13H18N4O/c1-3-7-14-13-15-8-6-12(16-13)17(2)10-11-5-4-9-18-11/h4-6,8-9H,3,7,10H2,1-2H3,(H,14,15,16). The van der Waals surface area contributed by atoms with Crippen LogP contribution in [0.4, 0.5) is 11.8 Å². The Morgan fingerprint density at radius 3 is 3.00 bits per heavy atom. The minimum absolute atomic E-state index is 0.667. The summed E-state index contributed by atoms with van der Waals surface area (Å²) in [6, 6.07) is 5.73. The number of hydrogen-bond donors (Lipinski definition) is 1. The van der Waals surface area contributed by atoms with Gasteiger partial charge in [-0.3, -0.25) is 0 Å². The minimum atomic E-state index is 0.667. The third-order valence-corrected chi connectivity index (χ3v) is 2.54. The van der Waals surface area contributed by atoms with Crippen molar-refractivity contribution in [2.75, 3.05) is 23.8 Å². The van der Waals surface area contributed by atoms with E-state index in [-0.39, 0.29) is 0 Å². The fourth-order valence-corrected chi connectivity index (χ4v) is 1.60. The van der Waals surface area contributed by atoms with E-state index in [1.165, 1.54) is 0 Å². The largest absolute Gasteiger partial charge is 0.467 e. The first-order valence-corrected chi connectivity index (χ1v) is 6.10. The van der Waals surface area contributed by atoms with Crippen molar-refractivity contribution in [3.8, 4) is 0 Å². The molecule has 0 radical (unpaired) electrons. The van der Waals surface area contributed by atoms with E-state index in [4.69, 9.17) is 4.42 Å². The summed E-state index contributed by atoms with van der Waals surface area (Å²) >= 11 is 0. The first-order chi connectivity index (χ1) is 8.79. The van der Waals surface area contributed by atoms with Gasteiger partial charge < -0.3 is 14.6 Å². The van der Waals surface area contributed by atoms with Crippen molar-refractivity contribution in [2.24, 2.45) is 0 Å². The molecular formula is C13H18N4O. The second-order valence-electron chi connectivity index (χ2n) is 4.10. The highest BCUT2D eigenvalue weighted by atomic mass is 16.3. The molecule has 18 heavy (non-hydrogen) atoms. The van der Waals surface area contributed by atoms with E-state index in [0.29, 0.717) is 12.5 Å². The van der Waals surface area contributed by atoms with Crippen LogP contribution in [0.3, 0.4) is 0 Å². The number of nitrogens with zero attached hydrogens (tertiary/aromatic N) is 3. The van der Waals surface area contributed by atoms with Crippen molar-refractivity contribution >= 4 is 11.8 Å². The molecule has 0 fully saturated rings. The van der Waals surface area contributed by atoms with Gasteiger partial charge in [-0.25, -0.2) is 4.98 Å². The quantitative estimate of drug-likeness (QED) is 0.848. The third kappa shape index (κ3) is 3.23. The van der Waals surface area contributed by atoms with Crippen LogP contribution in [0.5, 0.6) is 0 Å². The smallest absolute Gasteiger partial charge is 0.224 e. The molecule has 96 valence electrons. The maximum atomic E-state index is 5.32. The molecule has 2 heterocycles. The number of nitrogens with one attached hydrogen (secondary N) is 1. The van der Waals surface area contributed by atoms with E-state index in [0.717, 1.165) is 24.5 Å². The van der Waals surface area contributed by atoms with Crippen LogP contribution in [0.2, 0.25) is 0 Å². The topological polar surface area (TPSA) is 54.2 Å². The fraction of sp³-hybridized carbons (Fsp3) is 0.385. The van der Waals surface area contributed by atoms with Gasteiger partial charge in [0.15, 0.2) is 0 Å². The lowest BCUT2D eigenvalue weighted by Crippen LogP contribution is -2.18. The number of aromatic nitrogens is 2. The molecule has 0 bridgehead atoms. The van der Waals surface area contributed by atoms with E-state index in [1.807, 2.05) is 30.1 Å².